The van der Waals surface area contributed by atoms with Gasteiger partial charge in [-0.05, 0) is 23.8 Å². The molecule has 1 nitrogen and oxygen atoms in total. The van der Waals surface area contributed by atoms with Crippen molar-refractivity contribution < 1.29 is 0 Å². The van der Waals surface area contributed by atoms with Gasteiger partial charge in [0.25, 0.3) is 0 Å². The number of anilines is 1. The summed E-state index contributed by atoms with van der Waals surface area (Å²) in [5, 5.41) is 1.57. The Morgan fingerprint density at radius 3 is 2.05 bits per heavy atom. The van der Waals surface area contributed by atoms with Crippen LogP contribution in [0.1, 0.15) is 0 Å². The summed E-state index contributed by atoms with van der Waals surface area (Å²) in [5.74, 6) is 0. The summed E-state index contributed by atoms with van der Waals surface area (Å²) in [6, 6.07) is 10.9. The van der Waals surface area contributed by atoms with Crippen molar-refractivity contribution in [2.24, 2.45) is 0 Å². The van der Waals surface area contributed by atoms with E-state index in [9.17, 15) is 0 Å². The molecule has 22 heavy (non-hydrogen) atoms. The molecule has 1 aromatic rings. The van der Waals surface area contributed by atoms with Gasteiger partial charge in [0.2, 0.25) is 0 Å². The van der Waals surface area contributed by atoms with E-state index in [-0.39, 0.29) is 0 Å². The molecule has 1 heterocycles. The van der Waals surface area contributed by atoms with E-state index in [2.05, 4.69) is 92.7 Å². The van der Waals surface area contributed by atoms with Gasteiger partial charge in [-0.25, -0.2) is 0 Å². The number of allylic oxidation sites excluding steroid dienone is 3. The van der Waals surface area contributed by atoms with Crippen LogP contribution in [0.25, 0.3) is 0 Å². The topological polar surface area (TPSA) is 3.24 Å². The zero-order valence-electron chi connectivity index (χ0n) is 14.6. The Bertz CT molecular complexity index is 670. The summed E-state index contributed by atoms with van der Waals surface area (Å²) in [5.41, 5.74) is 4.76. The van der Waals surface area contributed by atoms with Crippen LogP contribution in [0.5, 0.6) is 0 Å². The van der Waals surface area contributed by atoms with Gasteiger partial charge in [0, 0.05) is 17.0 Å². The molecule has 1 aromatic carbocycles. The number of hydrogen-bond donors (Lipinski definition) is 0. The predicted octanol–water partition coefficient (Wildman–Crippen LogP) is 5.38. The third-order valence-corrected chi connectivity index (χ3v) is 8.78. The molecular formula is C19H27NSi2. The summed E-state index contributed by atoms with van der Waals surface area (Å²) in [4.78, 5) is 2.59. The Morgan fingerprint density at radius 2 is 1.50 bits per heavy atom. The van der Waals surface area contributed by atoms with Crippen LogP contribution in [0.2, 0.25) is 39.3 Å². The quantitative estimate of drug-likeness (QED) is 0.674. The average molecular weight is 326 g/mol. The first-order chi connectivity index (χ1) is 10.2. The van der Waals surface area contributed by atoms with Crippen LogP contribution in [-0.4, -0.2) is 21.8 Å². The van der Waals surface area contributed by atoms with Crippen LogP contribution in [0.4, 0.5) is 5.69 Å². The molecule has 116 valence electrons. The van der Waals surface area contributed by atoms with E-state index < -0.39 is 16.1 Å². The monoisotopic (exact) mass is 325 g/mol. The molecule has 0 spiro atoms. The average Bonchev–Trinajstić information content (AvgIpc) is 2.95. The summed E-state index contributed by atoms with van der Waals surface area (Å²) >= 11 is 0. The van der Waals surface area contributed by atoms with Crippen molar-refractivity contribution in [2.75, 3.05) is 4.90 Å². The van der Waals surface area contributed by atoms with Crippen molar-refractivity contribution >= 4 is 21.8 Å². The molecule has 0 bridgehead atoms. The number of hydrogen-bond acceptors (Lipinski definition) is 1. The number of fused-ring (bicyclic) bond motifs is 1. The van der Waals surface area contributed by atoms with Crippen molar-refractivity contribution in [3.63, 3.8) is 0 Å². The lowest BCUT2D eigenvalue weighted by atomic mass is 10.2. The molecular weight excluding hydrogens is 298 g/mol. The van der Waals surface area contributed by atoms with Crippen molar-refractivity contribution in [2.45, 2.75) is 44.9 Å². The van der Waals surface area contributed by atoms with Gasteiger partial charge in [-0.2, -0.15) is 0 Å². The van der Waals surface area contributed by atoms with Crippen LogP contribution in [0, 0.1) is 0 Å². The van der Waals surface area contributed by atoms with Crippen LogP contribution in [0.15, 0.2) is 65.0 Å². The molecule has 1 aliphatic heterocycles. The highest BCUT2D eigenvalue weighted by atomic mass is 28.3. The van der Waals surface area contributed by atoms with Crippen molar-refractivity contribution in [3.05, 3.63) is 65.0 Å². The van der Waals surface area contributed by atoms with Gasteiger partial charge in [0.05, 0.1) is 16.1 Å². The van der Waals surface area contributed by atoms with Crippen LogP contribution in [-0.2, 0) is 0 Å². The molecule has 3 heteroatoms. The van der Waals surface area contributed by atoms with E-state index in [1.165, 1.54) is 17.0 Å². The van der Waals surface area contributed by atoms with E-state index in [4.69, 9.17) is 0 Å². The number of benzene rings is 1. The Balaban J connectivity index is 2.08. The highest BCUT2D eigenvalue weighted by molar-refractivity contribution is 6.84. The molecule has 1 unspecified atom stereocenters. The van der Waals surface area contributed by atoms with Gasteiger partial charge in [0.15, 0.2) is 0 Å². The van der Waals surface area contributed by atoms with E-state index in [1.807, 2.05) is 0 Å². The lowest BCUT2D eigenvalue weighted by Gasteiger charge is -2.35. The molecule has 0 radical (unpaired) electrons. The maximum Gasteiger partial charge on any atom is 0.0777 e. The maximum atomic E-state index is 2.59. The fraction of sp³-hybridized carbons (Fsp3) is 0.368. The molecule has 1 atom stereocenters. The second-order valence-corrected chi connectivity index (χ2v) is 18.9. The van der Waals surface area contributed by atoms with Gasteiger partial charge in [-0.3, -0.25) is 0 Å². The lowest BCUT2D eigenvalue weighted by molar-refractivity contribution is 0.981. The van der Waals surface area contributed by atoms with Crippen LogP contribution in [0.3, 0.4) is 0 Å². The standard InChI is InChI=1S/C19H27NSi2/c1-21(2,3)17-12-15-13-19(22(4,5)6)20(18(15)14-17)16-10-8-7-9-11-16/h7-14,19H,1-6H3. The first-order valence-electron chi connectivity index (χ1n) is 8.18. The molecule has 0 fully saturated rings. The SMILES string of the molecule is C[Si](C)(C)C1=CC2=CC([Si](C)(C)C)N(c3ccccc3)C2=C1. The molecule has 0 saturated heterocycles. The first kappa shape index (κ1) is 15.6. The highest BCUT2D eigenvalue weighted by Crippen LogP contribution is 2.42. The third-order valence-electron chi connectivity index (χ3n) is 4.56. The maximum absolute atomic E-state index is 2.59. The van der Waals surface area contributed by atoms with Crippen molar-refractivity contribution in [3.8, 4) is 0 Å². The minimum atomic E-state index is -1.31. The molecule has 0 saturated carbocycles. The van der Waals surface area contributed by atoms with Gasteiger partial charge in [-0.1, -0.05) is 74.8 Å². The molecule has 1 aliphatic carbocycles. The minimum absolute atomic E-state index is 0.551. The Morgan fingerprint density at radius 1 is 0.864 bits per heavy atom. The van der Waals surface area contributed by atoms with E-state index >= 15 is 0 Å². The summed E-state index contributed by atoms with van der Waals surface area (Å²) in [6.45, 7) is 14.7. The summed E-state index contributed by atoms with van der Waals surface area (Å²) < 4.78 is 0. The Kier molecular flexibility index (Phi) is 3.61. The fourth-order valence-corrected chi connectivity index (χ4v) is 6.11. The lowest BCUT2D eigenvalue weighted by Crippen LogP contribution is -2.47. The van der Waals surface area contributed by atoms with Gasteiger partial charge >= 0.3 is 0 Å². The largest absolute Gasteiger partial charge is 0.337 e. The van der Waals surface area contributed by atoms with Crippen molar-refractivity contribution in [1.29, 1.82) is 0 Å². The van der Waals surface area contributed by atoms with E-state index in [0.29, 0.717) is 5.67 Å². The van der Waals surface area contributed by atoms with Crippen molar-refractivity contribution in [1.82, 2.24) is 0 Å². The normalized spacial score (nSPS) is 21.5. The summed E-state index contributed by atoms with van der Waals surface area (Å²) in [7, 11) is -2.57. The van der Waals surface area contributed by atoms with Gasteiger partial charge in [-0.15, -0.1) is 0 Å². The zero-order valence-corrected chi connectivity index (χ0v) is 16.6. The van der Waals surface area contributed by atoms with Crippen LogP contribution < -0.4 is 4.90 Å². The van der Waals surface area contributed by atoms with Gasteiger partial charge in [0.1, 0.15) is 0 Å². The molecule has 0 aromatic heterocycles. The number of para-hydroxylation sites is 1. The molecule has 2 aliphatic rings. The Labute approximate surface area is 137 Å². The minimum Gasteiger partial charge on any atom is -0.337 e. The predicted molar refractivity (Wildman–Crippen MR) is 104 cm³/mol. The van der Waals surface area contributed by atoms with Gasteiger partial charge < -0.3 is 4.90 Å². The van der Waals surface area contributed by atoms with E-state index in [1.54, 1.807) is 5.20 Å². The molecule has 0 N–H and O–H groups in total. The number of nitrogens with zero attached hydrogens (tertiary/aromatic N) is 1. The number of rotatable bonds is 3. The second kappa shape index (κ2) is 5.10. The first-order valence-corrected chi connectivity index (χ1v) is 15.3. The van der Waals surface area contributed by atoms with E-state index in [0.717, 1.165) is 0 Å². The molecule has 0 amide bonds. The fourth-order valence-electron chi connectivity index (χ4n) is 3.21. The molecule has 3 rings (SSSR count). The zero-order chi connectivity index (χ0) is 16.1. The second-order valence-electron chi connectivity index (χ2n) is 8.52. The Hall–Kier alpha value is -1.33. The third kappa shape index (κ3) is 2.68. The highest BCUT2D eigenvalue weighted by Gasteiger charge is 2.40. The van der Waals surface area contributed by atoms with Crippen LogP contribution >= 0.6 is 0 Å². The summed E-state index contributed by atoms with van der Waals surface area (Å²) in [6.07, 6.45) is 7.45. The smallest absolute Gasteiger partial charge is 0.0777 e.